The first-order chi connectivity index (χ1) is 7.83. The van der Waals surface area contributed by atoms with Crippen molar-refractivity contribution in [3.05, 3.63) is 36.0 Å². The van der Waals surface area contributed by atoms with E-state index in [1.54, 1.807) is 11.8 Å². The Morgan fingerprint density at radius 3 is 2.75 bits per heavy atom. The van der Waals surface area contributed by atoms with E-state index >= 15 is 0 Å². The van der Waals surface area contributed by atoms with E-state index in [1.807, 2.05) is 18.2 Å². The molecule has 16 heavy (non-hydrogen) atoms. The molecule has 0 saturated carbocycles. The number of H-pyrrole nitrogens is 1. The SMILES string of the molecule is CSc1ccc(-c2cc(CC#N)[nH]n2)cc1. The number of rotatable bonds is 3. The number of nitrogens with zero attached hydrogens (tertiary/aromatic N) is 2. The molecular formula is C12H11N3S. The van der Waals surface area contributed by atoms with Crippen molar-refractivity contribution in [2.75, 3.05) is 6.26 Å². The highest BCUT2D eigenvalue weighted by Gasteiger charge is 2.03. The predicted octanol–water partition coefficient (Wildman–Crippen LogP) is 2.86. The zero-order chi connectivity index (χ0) is 11.4. The van der Waals surface area contributed by atoms with Crippen molar-refractivity contribution in [3.8, 4) is 17.3 Å². The maximum absolute atomic E-state index is 8.57. The third-order valence-corrected chi connectivity index (χ3v) is 3.03. The largest absolute Gasteiger partial charge is 0.281 e. The summed E-state index contributed by atoms with van der Waals surface area (Å²) in [5.41, 5.74) is 2.81. The summed E-state index contributed by atoms with van der Waals surface area (Å²) >= 11 is 1.71. The van der Waals surface area contributed by atoms with Gasteiger partial charge in [-0.2, -0.15) is 10.4 Å². The van der Waals surface area contributed by atoms with E-state index in [-0.39, 0.29) is 0 Å². The quantitative estimate of drug-likeness (QED) is 0.823. The Kier molecular flexibility index (Phi) is 3.28. The number of aromatic nitrogens is 2. The summed E-state index contributed by atoms with van der Waals surface area (Å²) in [6.07, 6.45) is 2.42. The molecule has 0 aliphatic heterocycles. The van der Waals surface area contributed by atoms with Gasteiger partial charge in [-0.1, -0.05) is 12.1 Å². The van der Waals surface area contributed by atoms with Gasteiger partial charge in [-0.3, -0.25) is 5.10 Å². The van der Waals surface area contributed by atoms with Crippen LogP contribution in [-0.4, -0.2) is 16.5 Å². The Hall–Kier alpha value is -1.73. The number of nitriles is 1. The van der Waals surface area contributed by atoms with Crippen LogP contribution in [0.15, 0.2) is 35.2 Å². The van der Waals surface area contributed by atoms with E-state index in [2.05, 4.69) is 34.7 Å². The molecule has 0 amide bonds. The summed E-state index contributed by atoms with van der Waals surface area (Å²) in [6, 6.07) is 12.2. The number of nitrogens with one attached hydrogen (secondary N) is 1. The normalized spacial score (nSPS) is 10.0. The number of hydrogen-bond donors (Lipinski definition) is 1. The molecule has 0 aliphatic carbocycles. The van der Waals surface area contributed by atoms with Crippen molar-refractivity contribution in [1.82, 2.24) is 10.2 Å². The topological polar surface area (TPSA) is 52.5 Å². The number of thioether (sulfide) groups is 1. The summed E-state index contributed by atoms with van der Waals surface area (Å²) in [5, 5.41) is 15.6. The van der Waals surface area contributed by atoms with Crippen molar-refractivity contribution in [2.45, 2.75) is 11.3 Å². The van der Waals surface area contributed by atoms with Gasteiger partial charge in [0.2, 0.25) is 0 Å². The van der Waals surface area contributed by atoms with Gasteiger partial charge in [0.25, 0.3) is 0 Å². The second kappa shape index (κ2) is 4.86. The van der Waals surface area contributed by atoms with Crippen molar-refractivity contribution in [2.24, 2.45) is 0 Å². The molecule has 1 aromatic carbocycles. The van der Waals surface area contributed by atoms with E-state index in [0.717, 1.165) is 17.0 Å². The Balaban J connectivity index is 2.25. The fourth-order valence-electron chi connectivity index (χ4n) is 1.45. The van der Waals surface area contributed by atoms with Gasteiger partial charge >= 0.3 is 0 Å². The van der Waals surface area contributed by atoms with Gasteiger partial charge in [-0.25, -0.2) is 0 Å². The first-order valence-corrected chi connectivity index (χ1v) is 6.11. The van der Waals surface area contributed by atoms with Gasteiger partial charge in [-0.05, 0) is 24.5 Å². The molecule has 0 spiro atoms. The highest BCUT2D eigenvalue weighted by Crippen LogP contribution is 2.21. The minimum Gasteiger partial charge on any atom is -0.281 e. The van der Waals surface area contributed by atoms with E-state index in [4.69, 9.17) is 5.26 Å². The highest BCUT2D eigenvalue weighted by atomic mass is 32.2. The first-order valence-electron chi connectivity index (χ1n) is 4.89. The van der Waals surface area contributed by atoms with E-state index in [0.29, 0.717) is 6.42 Å². The van der Waals surface area contributed by atoms with Crippen LogP contribution in [-0.2, 0) is 6.42 Å². The average Bonchev–Trinajstić information content (AvgIpc) is 2.78. The monoisotopic (exact) mass is 229 g/mol. The molecule has 2 aromatic rings. The molecule has 80 valence electrons. The second-order valence-electron chi connectivity index (χ2n) is 3.34. The van der Waals surface area contributed by atoms with Crippen LogP contribution in [0, 0.1) is 11.3 Å². The van der Waals surface area contributed by atoms with E-state index in [1.165, 1.54) is 4.90 Å². The first kappa shape index (κ1) is 10.8. The lowest BCUT2D eigenvalue weighted by molar-refractivity contribution is 1.02. The lowest BCUT2D eigenvalue weighted by atomic mass is 10.1. The lowest BCUT2D eigenvalue weighted by Gasteiger charge is -1.98. The molecule has 0 aliphatic rings. The Morgan fingerprint density at radius 2 is 2.12 bits per heavy atom. The lowest BCUT2D eigenvalue weighted by Crippen LogP contribution is -1.78. The van der Waals surface area contributed by atoms with E-state index in [9.17, 15) is 0 Å². The van der Waals surface area contributed by atoms with E-state index < -0.39 is 0 Å². The van der Waals surface area contributed by atoms with Crippen molar-refractivity contribution < 1.29 is 0 Å². The van der Waals surface area contributed by atoms with Crippen LogP contribution in [0.2, 0.25) is 0 Å². The zero-order valence-corrected chi connectivity index (χ0v) is 9.71. The number of hydrogen-bond acceptors (Lipinski definition) is 3. The molecule has 3 nitrogen and oxygen atoms in total. The van der Waals surface area contributed by atoms with Crippen LogP contribution in [0.5, 0.6) is 0 Å². The Morgan fingerprint density at radius 1 is 1.38 bits per heavy atom. The number of aromatic amines is 1. The zero-order valence-electron chi connectivity index (χ0n) is 8.90. The third kappa shape index (κ3) is 2.26. The van der Waals surface area contributed by atoms with Gasteiger partial charge in [-0.15, -0.1) is 11.8 Å². The molecule has 0 bridgehead atoms. The molecule has 1 aromatic heterocycles. The van der Waals surface area contributed by atoms with Crippen LogP contribution >= 0.6 is 11.8 Å². The highest BCUT2D eigenvalue weighted by molar-refractivity contribution is 7.98. The molecular weight excluding hydrogens is 218 g/mol. The van der Waals surface area contributed by atoms with Crippen LogP contribution in [0.4, 0.5) is 0 Å². The molecule has 0 unspecified atom stereocenters. The smallest absolute Gasteiger partial charge is 0.0923 e. The molecule has 0 fully saturated rings. The van der Waals surface area contributed by atoms with Crippen LogP contribution < -0.4 is 0 Å². The maximum Gasteiger partial charge on any atom is 0.0923 e. The van der Waals surface area contributed by atoms with Gasteiger partial charge in [0.05, 0.1) is 18.2 Å². The summed E-state index contributed by atoms with van der Waals surface area (Å²) in [6.45, 7) is 0. The van der Waals surface area contributed by atoms with Gasteiger partial charge in [0.15, 0.2) is 0 Å². The van der Waals surface area contributed by atoms with Gasteiger partial charge < -0.3 is 0 Å². The standard InChI is InChI=1S/C12H11N3S/c1-16-11-4-2-9(3-5-11)12-8-10(6-7-13)14-15-12/h2-5,8H,6H2,1H3,(H,14,15). The minimum atomic E-state index is 0.371. The van der Waals surface area contributed by atoms with Crippen molar-refractivity contribution >= 4 is 11.8 Å². The average molecular weight is 229 g/mol. The van der Waals surface area contributed by atoms with Gasteiger partial charge in [0.1, 0.15) is 0 Å². The fraction of sp³-hybridized carbons (Fsp3) is 0.167. The van der Waals surface area contributed by atoms with Crippen molar-refractivity contribution in [3.63, 3.8) is 0 Å². The Labute approximate surface area is 98.5 Å². The summed E-state index contributed by atoms with van der Waals surface area (Å²) in [7, 11) is 0. The molecule has 0 atom stereocenters. The molecule has 1 N–H and O–H groups in total. The fourth-order valence-corrected chi connectivity index (χ4v) is 1.86. The number of benzene rings is 1. The minimum absolute atomic E-state index is 0.371. The molecule has 0 saturated heterocycles. The predicted molar refractivity (Wildman–Crippen MR) is 65.1 cm³/mol. The van der Waals surface area contributed by atoms with Gasteiger partial charge in [0, 0.05) is 16.2 Å². The summed E-state index contributed by atoms with van der Waals surface area (Å²) in [5.74, 6) is 0. The van der Waals surface area contributed by atoms with Crippen LogP contribution in [0.1, 0.15) is 5.69 Å². The second-order valence-corrected chi connectivity index (χ2v) is 4.22. The Bertz CT molecular complexity index is 508. The summed E-state index contributed by atoms with van der Waals surface area (Å²) < 4.78 is 0. The van der Waals surface area contributed by atoms with Crippen LogP contribution in [0.25, 0.3) is 11.3 Å². The maximum atomic E-state index is 8.57. The third-order valence-electron chi connectivity index (χ3n) is 2.29. The molecule has 1 heterocycles. The molecule has 0 radical (unpaired) electrons. The molecule has 4 heteroatoms. The van der Waals surface area contributed by atoms with Crippen LogP contribution in [0.3, 0.4) is 0 Å². The van der Waals surface area contributed by atoms with Crippen molar-refractivity contribution in [1.29, 1.82) is 5.26 Å². The summed E-state index contributed by atoms with van der Waals surface area (Å²) in [4.78, 5) is 1.23. The molecule has 2 rings (SSSR count).